The number of aliphatic imine (C=N–C) groups is 1. The maximum atomic E-state index is 11.2. The van der Waals surface area contributed by atoms with Crippen molar-refractivity contribution in [1.82, 2.24) is 25.2 Å². The number of carbonyl (C=O) groups is 1. The number of nitrogens with one attached hydrogen (secondary N) is 1. The number of unbranched alkanes of at least 4 members (excludes halogenated alkanes) is 1. The molecule has 0 fully saturated rings. The van der Waals surface area contributed by atoms with Crippen molar-refractivity contribution in [2.24, 2.45) is 4.99 Å². The number of hydrogen-bond donors (Lipinski definition) is 1. The molecule has 0 radical (unpaired) electrons. The number of methoxy groups -OCH3 is 1. The smallest absolute Gasteiger partial charge is 0.327 e. The molecule has 1 aromatic heterocycles. The number of rotatable bonds is 9. The van der Waals surface area contributed by atoms with Gasteiger partial charge in [-0.3, -0.25) is 4.79 Å². The van der Waals surface area contributed by atoms with Crippen LogP contribution in [-0.4, -0.2) is 59.1 Å². The van der Waals surface area contributed by atoms with Gasteiger partial charge in [-0.1, -0.05) is 11.3 Å². The minimum Gasteiger partial charge on any atom is -0.468 e. The quantitative estimate of drug-likeness (QED) is 0.238. The molecule has 0 atom stereocenters. The highest BCUT2D eigenvalue weighted by molar-refractivity contribution is 5.79. The molecule has 1 rings (SSSR count). The fourth-order valence-corrected chi connectivity index (χ4v) is 1.89. The van der Waals surface area contributed by atoms with Crippen molar-refractivity contribution in [3.63, 3.8) is 0 Å². The molecule has 0 spiro atoms. The average molecular weight is 322 g/mol. The van der Waals surface area contributed by atoms with Crippen molar-refractivity contribution in [2.75, 3.05) is 27.2 Å². The van der Waals surface area contributed by atoms with Crippen molar-refractivity contribution in [3.05, 3.63) is 24.5 Å². The predicted molar refractivity (Wildman–Crippen MR) is 88.9 cm³/mol. The molecule has 0 aliphatic heterocycles. The first-order valence-corrected chi connectivity index (χ1v) is 7.66. The van der Waals surface area contributed by atoms with Gasteiger partial charge in [-0.25, -0.2) is 9.67 Å². The maximum Gasteiger partial charge on any atom is 0.327 e. The molecule has 1 N–H and O–H groups in total. The molecule has 0 aliphatic rings. The van der Waals surface area contributed by atoms with E-state index >= 15 is 0 Å². The van der Waals surface area contributed by atoms with Crippen LogP contribution >= 0.6 is 0 Å². The van der Waals surface area contributed by atoms with Gasteiger partial charge in [0.15, 0.2) is 5.96 Å². The van der Waals surface area contributed by atoms with E-state index in [1.807, 2.05) is 20.0 Å². The van der Waals surface area contributed by atoms with E-state index in [1.54, 1.807) is 6.20 Å². The van der Waals surface area contributed by atoms with Crippen LogP contribution in [-0.2, 0) is 22.6 Å². The van der Waals surface area contributed by atoms with Gasteiger partial charge in [0.05, 0.1) is 19.9 Å². The average Bonchev–Trinajstić information content (AvgIpc) is 2.98. The van der Waals surface area contributed by atoms with Crippen LogP contribution in [0.4, 0.5) is 0 Å². The summed E-state index contributed by atoms with van der Waals surface area (Å²) in [6.07, 6.45) is 5.62. The molecule has 0 aromatic carbocycles. The minimum atomic E-state index is -0.361. The normalized spacial score (nSPS) is 11.2. The van der Waals surface area contributed by atoms with E-state index in [4.69, 9.17) is 0 Å². The molecule has 0 saturated heterocycles. The van der Waals surface area contributed by atoms with Crippen LogP contribution in [0.5, 0.6) is 0 Å². The summed E-state index contributed by atoms with van der Waals surface area (Å²) < 4.78 is 6.03. The highest BCUT2D eigenvalue weighted by Crippen LogP contribution is 1.99. The Morgan fingerprint density at radius 2 is 2.39 bits per heavy atom. The molecule has 8 nitrogen and oxygen atoms in total. The van der Waals surface area contributed by atoms with E-state index in [9.17, 15) is 4.79 Å². The highest BCUT2D eigenvalue weighted by atomic mass is 16.5. The Morgan fingerprint density at radius 3 is 3.04 bits per heavy atom. The van der Waals surface area contributed by atoms with Crippen molar-refractivity contribution in [3.8, 4) is 0 Å². The Kier molecular flexibility index (Phi) is 8.41. The van der Waals surface area contributed by atoms with E-state index in [2.05, 4.69) is 36.8 Å². The van der Waals surface area contributed by atoms with Gasteiger partial charge in [0.25, 0.3) is 0 Å². The summed E-state index contributed by atoms with van der Waals surface area (Å²) >= 11 is 0. The minimum absolute atomic E-state index is 0.0503. The Labute approximate surface area is 137 Å². The zero-order valence-corrected chi connectivity index (χ0v) is 14.2. The maximum absolute atomic E-state index is 11.2. The second-order valence-corrected chi connectivity index (χ2v) is 5.01. The lowest BCUT2D eigenvalue weighted by Crippen LogP contribution is -2.39. The molecule has 0 saturated carbocycles. The van der Waals surface area contributed by atoms with Crippen LogP contribution in [0, 0.1) is 0 Å². The number of carbonyl (C=O) groups excluding carboxylic acids is 1. The summed E-state index contributed by atoms with van der Waals surface area (Å²) in [4.78, 5) is 17.8. The van der Waals surface area contributed by atoms with Crippen molar-refractivity contribution < 1.29 is 9.53 Å². The van der Waals surface area contributed by atoms with E-state index in [0.29, 0.717) is 12.2 Å². The number of ether oxygens (including phenoxy) is 1. The lowest BCUT2D eigenvalue weighted by Gasteiger charge is -2.21. The molecule has 23 heavy (non-hydrogen) atoms. The molecular formula is C15H26N6O2. The fourth-order valence-electron chi connectivity index (χ4n) is 1.89. The van der Waals surface area contributed by atoms with Crippen LogP contribution in [0.25, 0.3) is 0 Å². The number of esters is 1. The van der Waals surface area contributed by atoms with E-state index in [-0.39, 0.29) is 12.5 Å². The Balaban J connectivity index is 2.62. The van der Waals surface area contributed by atoms with Gasteiger partial charge in [-0.15, -0.1) is 11.7 Å². The Morgan fingerprint density at radius 1 is 1.61 bits per heavy atom. The molecular weight excluding hydrogens is 296 g/mol. The molecule has 0 aliphatic carbocycles. The lowest BCUT2D eigenvalue weighted by molar-refractivity contribution is -0.141. The molecule has 1 aromatic rings. The highest BCUT2D eigenvalue weighted by Gasteiger charge is 2.08. The SMILES string of the molecule is C=CCCCN(C)C(=NCc1cn(CC(=O)OC)nn1)NCC. The standard InChI is InChI=1S/C15H26N6O2/c1-5-7-8-9-20(3)15(16-6-2)17-10-13-11-21(19-18-13)12-14(22)23-4/h5,11H,1,6-10,12H2,2-4H3,(H,16,17). The number of aromatic nitrogens is 3. The summed E-state index contributed by atoms with van der Waals surface area (Å²) in [6, 6.07) is 0. The third kappa shape index (κ3) is 6.94. The van der Waals surface area contributed by atoms with Gasteiger partial charge in [0.1, 0.15) is 12.2 Å². The van der Waals surface area contributed by atoms with E-state index in [1.165, 1.54) is 11.8 Å². The summed E-state index contributed by atoms with van der Waals surface area (Å²) in [5.41, 5.74) is 0.698. The fraction of sp³-hybridized carbons (Fsp3) is 0.600. The Hall–Kier alpha value is -2.38. The summed E-state index contributed by atoms with van der Waals surface area (Å²) in [7, 11) is 3.34. The largest absolute Gasteiger partial charge is 0.468 e. The van der Waals surface area contributed by atoms with Crippen molar-refractivity contribution in [1.29, 1.82) is 0 Å². The first-order valence-electron chi connectivity index (χ1n) is 7.66. The topological polar surface area (TPSA) is 84.6 Å². The van der Waals surface area contributed by atoms with Crippen LogP contribution in [0.15, 0.2) is 23.8 Å². The molecule has 8 heteroatoms. The molecule has 128 valence electrons. The van der Waals surface area contributed by atoms with Crippen LogP contribution in [0.3, 0.4) is 0 Å². The van der Waals surface area contributed by atoms with E-state index < -0.39 is 0 Å². The van der Waals surface area contributed by atoms with Gasteiger partial charge in [0, 0.05) is 20.1 Å². The van der Waals surface area contributed by atoms with Gasteiger partial charge < -0.3 is 15.0 Å². The molecule has 0 bridgehead atoms. The number of nitrogens with zero attached hydrogens (tertiary/aromatic N) is 5. The van der Waals surface area contributed by atoms with Crippen LogP contribution in [0.2, 0.25) is 0 Å². The third-order valence-corrected chi connectivity index (χ3v) is 3.09. The van der Waals surface area contributed by atoms with Gasteiger partial charge in [-0.2, -0.15) is 0 Å². The predicted octanol–water partition coefficient (Wildman–Crippen LogP) is 0.815. The second kappa shape index (κ2) is 10.4. The first kappa shape index (κ1) is 18.7. The number of hydrogen-bond acceptors (Lipinski definition) is 5. The van der Waals surface area contributed by atoms with Gasteiger partial charge >= 0.3 is 5.97 Å². The molecule has 0 unspecified atom stereocenters. The van der Waals surface area contributed by atoms with Gasteiger partial charge in [-0.05, 0) is 19.8 Å². The summed E-state index contributed by atoms with van der Waals surface area (Å²) in [5.74, 6) is 0.458. The first-order chi connectivity index (χ1) is 11.1. The number of guanidine groups is 1. The monoisotopic (exact) mass is 322 g/mol. The zero-order chi connectivity index (χ0) is 17.1. The van der Waals surface area contributed by atoms with Crippen molar-refractivity contribution in [2.45, 2.75) is 32.9 Å². The lowest BCUT2D eigenvalue weighted by atomic mass is 10.3. The van der Waals surface area contributed by atoms with Gasteiger partial charge in [0.2, 0.25) is 0 Å². The van der Waals surface area contributed by atoms with E-state index in [0.717, 1.165) is 31.9 Å². The third-order valence-electron chi connectivity index (χ3n) is 3.09. The van der Waals surface area contributed by atoms with Crippen LogP contribution in [0.1, 0.15) is 25.5 Å². The van der Waals surface area contributed by atoms with Crippen LogP contribution < -0.4 is 5.32 Å². The summed E-state index contributed by atoms with van der Waals surface area (Å²) in [5, 5.41) is 11.1. The molecule has 1 heterocycles. The van der Waals surface area contributed by atoms with Crippen molar-refractivity contribution >= 4 is 11.9 Å². The second-order valence-electron chi connectivity index (χ2n) is 5.01. The molecule has 0 amide bonds. The zero-order valence-electron chi connectivity index (χ0n) is 14.2. The summed E-state index contributed by atoms with van der Waals surface area (Å²) in [6.45, 7) is 7.89. The Bertz CT molecular complexity index is 526. The number of allylic oxidation sites excluding steroid dienone is 1.